The summed E-state index contributed by atoms with van der Waals surface area (Å²) < 4.78 is 1.82. The molecule has 80 valence electrons. The monoisotopic (exact) mass is 196 g/mol. The van der Waals surface area contributed by atoms with E-state index in [0.717, 1.165) is 13.1 Å². The van der Waals surface area contributed by atoms with E-state index in [-0.39, 0.29) is 0 Å². The van der Waals surface area contributed by atoms with E-state index >= 15 is 0 Å². The molecule has 0 amide bonds. The lowest BCUT2D eigenvalue weighted by molar-refractivity contribution is 0.370. The second kappa shape index (κ2) is 7.26. The Labute approximate surface area is 86.2 Å². The van der Waals surface area contributed by atoms with Crippen molar-refractivity contribution in [1.82, 2.24) is 19.9 Å². The van der Waals surface area contributed by atoms with Gasteiger partial charge in [-0.15, -0.1) is 11.7 Å². The van der Waals surface area contributed by atoms with Crippen molar-refractivity contribution >= 4 is 0 Å². The van der Waals surface area contributed by atoms with Crippen LogP contribution in [-0.2, 0) is 6.54 Å². The number of aromatic nitrogens is 3. The highest BCUT2D eigenvalue weighted by Crippen LogP contribution is 1.81. The van der Waals surface area contributed by atoms with Crippen LogP contribution in [0.4, 0.5) is 0 Å². The Morgan fingerprint density at radius 2 is 2.00 bits per heavy atom. The fourth-order valence-electron chi connectivity index (χ4n) is 0.654. The largest absolute Gasteiger partial charge is 0.308 e. The van der Waals surface area contributed by atoms with Crippen LogP contribution in [0, 0.1) is 0 Å². The van der Waals surface area contributed by atoms with Crippen LogP contribution in [0.25, 0.3) is 0 Å². The van der Waals surface area contributed by atoms with Gasteiger partial charge in [-0.3, -0.25) is 4.68 Å². The van der Waals surface area contributed by atoms with Crippen molar-refractivity contribution in [2.45, 2.75) is 20.4 Å². The first-order valence-electron chi connectivity index (χ1n) is 4.63. The van der Waals surface area contributed by atoms with Gasteiger partial charge in [-0.2, -0.15) is 0 Å². The minimum absolute atomic E-state index is 0.910. The third-order valence-electron chi connectivity index (χ3n) is 1.25. The molecule has 1 aromatic heterocycles. The van der Waals surface area contributed by atoms with E-state index in [1.165, 1.54) is 5.57 Å². The maximum atomic E-state index is 3.83. The third kappa shape index (κ3) is 8.93. The molecule has 0 saturated heterocycles. The van der Waals surface area contributed by atoms with Crippen molar-refractivity contribution in [2.75, 3.05) is 20.6 Å². The second-order valence-electron chi connectivity index (χ2n) is 3.68. The third-order valence-corrected chi connectivity index (χ3v) is 1.25. The van der Waals surface area contributed by atoms with E-state index in [0.29, 0.717) is 0 Å². The standard InChI is InChI=1S/C6H12N4.C4H8/c1-9(2)5-6-10-4-3-7-8-10;1-4(2)3/h3-4H,5-6H2,1-2H3;1H2,2-3H3. The zero-order chi connectivity index (χ0) is 11.0. The minimum Gasteiger partial charge on any atom is -0.308 e. The van der Waals surface area contributed by atoms with Crippen LogP contribution < -0.4 is 0 Å². The SMILES string of the molecule is C=C(C)C.CN(C)CCn1ccnn1. The summed E-state index contributed by atoms with van der Waals surface area (Å²) in [5.74, 6) is 0. The zero-order valence-electron chi connectivity index (χ0n) is 9.56. The molecule has 0 aliphatic rings. The Balaban J connectivity index is 0.000000364. The van der Waals surface area contributed by atoms with Gasteiger partial charge in [0.15, 0.2) is 0 Å². The predicted molar refractivity (Wildman–Crippen MR) is 59.1 cm³/mol. The average molecular weight is 196 g/mol. The van der Waals surface area contributed by atoms with E-state index in [1.54, 1.807) is 6.20 Å². The molecule has 1 heterocycles. The molecular formula is C10H20N4. The van der Waals surface area contributed by atoms with Gasteiger partial charge in [0.25, 0.3) is 0 Å². The summed E-state index contributed by atoms with van der Waals surface area (Å²) in [6.45, 7) is 9.41. The number of likely N-dealkylation sites (N-methyl/N-ethyl adjacent to an activating group) is 1. The molecule has 0 aromatic carbocycles. The first kappa shape index (κ1) is 12.8. The first-order chi connectivity index (χ1) is 6.52. The predicted octanol–water partition coefficient (Wildman–Crippen LogP) is 1.42. The van der Waals surface area contributed by atoms with Gasteiger partial charge in [0.05, 0.1) is 12.7 Å². The number of rotatable bonds is 3. The Bertz CT molecular complexity index is 235. The highest BCUT2D eigenvalue weighted by atomic mass is 15.4. The van der Waals surface area contributed by atoms with Crippen LogP contribution in [0.1, 0.15) is 13.8 Å². The van der Waals surface area contributed by atoms with E-state index in [9.17, 15) is 0 Å². The molecule has 0 unspecified atom stereocenters. The lowest BCUT2D eigenvalue weighted by atomic mass is 10.4. The molecule has 0 radical (unpaired) electrons. The molecule has 4 heteroatoms. The highest BCUT2D eigenvalue weighted by molar-refractivity contribution is 4.78. The summed E-state index contributed by atoms with van der Waals surface area (Å²) >= 11 is 0. The van der Waals surface area contributed by atoms with Gasteiger partial charge >= 0.3 is 0 Å². The molecule has 0 N–H and O–H groups in total. The Hall–Kier alpha value is -1.16. The minimum atomic E-state index is 0.910. The number of allylic oxidation sites excluding steroid dienone is 1. The Morgan fingerprint density at radius 1 is 1.43 bits per heavy atom. The molecule has 14 heavy (non-hydrogen) atoms. The van der Waals surface area contributed by atoms with Gasteiger partial charge in [0.2, 0.25) is 0 Å². The fraction of sp³-hybridized carbons (Fsp3) is 0.600. The van der Waals surface area contributed by atoms with E-state index in [2.05, 4.69) is 21.8 Å². The molecule has 4 nitrogen and oxygen atoms in total. The highest BCUT2D eigenvalue weighted by Gasteiger charge is 1.91. The average Bonchev–Trinajstić information content (AvgIpc) is 2.51. The number of hydrogen-bond donors (Lipinski definition) is 0. The lowest BCUT2D eigenvalue weighted by Gasteiger charge is -2.07. The second-order valence-corrected chi connectivity index (χ2v) is 3.68. The van der Waals surface area contributed by atoms with Gasteiger partial charge in [-0.05, 0) is 27.9 Å². The number of hydrogen-bond acceptors (Lipinski definition) is 3. The van der Waals surface area contributed by atoms with Crippen LogP contribution in [-0.4, -0.2) is 40.5 Å². The molecule has 0 aliphatic heterocycles. The molecule has 1 rings (SSSR count). The molecule has 0 fully saturated rings. The molecule has 0 spiro atoms. The molecule has 0 saturated carbocycles. The maximum absolute atomic E-state index is 3.83. The van der Waals surface area contributed by atoms with Gasteiger partial charge in [0, 0.05) is 12.7 Å². The molecule has 1 aromatic rings. The topological polar surface area (TPSA) is 34.0 Å². The Morgan fingerprint density at radius 3 is 2.36 bits per heavy atom. The number of nitrogens with zero attached hydrogens (tertiary/aromatic N) is 4. The quantitative estimate of drug-likeness (QED) is 0.686. The van der Waals surface area contributed by atoms with Crippen LogP contribution in [0.5, 0.6) is 0 Å². The van der Waals surface area contributed by atoms with Crippen molar-refractivity contribution in [3.05, 3.63) is 24.5 Å². The van der Waals surface area contributed by atoms with Crippen LogP contribution >= 0.6 is 0 Å². The zero-order valence-corrected chi connectivity index (χ0v) is 9.56. The van der Waals surface area contributed by atoms with Crippen molar-refractivity contribution in [3.63, 3.8) is 0 Å². The van der Waals surface area contributed by atoms with Crippen molar-refractivity contribution < 1.29 is 0 Å². The smallest absolute Gasteiger partial charge is 0.0692 e. The van der Waals surface area contributed by atoms with Gasteiger partial charge in [0.1, 0.15) is 0 Å². The Kier molecular flexibility index (Phi) is 6.66. The van der Waals surface area contributed by atoms with Gasteiger partial charge < -0.3 is 4.90 Å². The molecule has 0 atom stereocenters. The van der Waals surface area contributed by atoms with Gasteiger partial charge in [-0.25, -0.2) is 0 Å². The van der Waals surface area contributed by atoms with Crippen molar-refractivity contribution in [1.29, 1.82) is 0 Å². The summed E-state index contributed by atoms with van der Waals surface area (Å²) in [4.78, 5) is 2.11. The first-order valence-corrected chi connectivity index (χ1v) is 4.63. The van der Waals surface area contributed by atoms with E-state index in [1.807, 2.05) is 38.8 Å². The summed E-state index contributed by atoms with van der Waals surface area (Å²) in [7, 11) is 4.08. The fourth-order valence-corrected chi connectivity index (χ4v) is 0.654. The molecule has 0 aliphatic carbocycles. The van der Waals surface area contributed by atoms with Gasteiger partial charge in [-0.1, -0.05) is 10.8 Å². The lowest BCUT2D eigenvalue weighted by Crippen LogP contribution is -2.18. The molecule has 0 bridgehead atoms. The summed E-state index contributed by atoms with van der Waals surface area (Å²) in [5, 5.41) is 7.52. The summed E-state index contributed by atoms with van der Waals surface area (Å²) in [5.41, 5.74) is 1.17. The van der Waals surface area contributed by atoms with Crippen LogP contribution in [0.2, 0.25) is 0 Å². The van der Waals surface area contributed by atoms with Crippen molar-refractivity contribution in [2.24, 2.45) is 0 Å². The normalized spacial score (nSPS) is 9.50. The summed E-state index contributed by atoms with van der Waals surface area (Å²) in [6.07, 6.45) is 3.55. The van der Waals surface area contributed by atoms with E-state index in [4.69, 9.17) is 0 Å². The maximum Gasteiger partial charge on any atom is 0.0692 e. The van der Waals surface area contributed by atoms with Crippen molar-refractivity contribution in [3.8, 4) is 0 Å². The molecular weight excluding hydrogens is 176 g/mol. The van der Waals surface area contributed by atoms with E-state index < -0.39 is 0 Å². The summed E-state index contributed by atoms with van der Waals surface area (Å²) in [6, 6.07) is 0. The van der Waals surface area contributed by atoms with Crippen LogP contribution in [0.15, 0.2) is 24.5 Å². The van der Waals surface area contributed by atoms with Crippen LogP contribution in [0.3, 0.4) is 0 Å².